The summed E-state index contributed by atoms with van der Waals surface area (Å²) in [6.07, 6.45) is 2.44. The summed E-state index contributed by atoms with van der Waals surface area (Å²) < 4.78 is 5.57. The fourth-order valence-corrected chi connectivity index (χ4v) is 1.97. The van der Waals surface area contributed by atoms with Crippen molar-refractivity contribution < 1.29 is 4.74 Å². The molecule has 0 bridgehead atoms. The maximum absolute atomic E-state index is 5.57. The van der Waals surface area contributed by atoms with Crippen LogP contribution in [0.25, 0.3) is 0 Å². The molecule has 1 rings (SSSR count). The van der Waals surface area contributed by atoms with Crippen LogP contribution in [0, 0.1) is 5.92 Å². The highest BCUT2D eigenvalue weighted by molar-refractivity contribution is 7.15. The van der Waals surface area contributed by atoms with Gasteiger partial charge in [-0.1, -0.05) is 31.6 Å². The summed E-state index contributed by atoms with van der Waals surface area (Å²) >= 11 is 1.54. The maximum atomic E-state index is 5.57. The Hall–Kier alpha value is -0.680. The quantitative estimate of drug-likeness (QED) is 0.780. The first kappa shape index (κ1) is 12.4. The zero-order valence-electron chi connectivity index (χ0n) is 9.62. The molecule has 1 aromatic heterocycles. The molecule has 0 aromatic carbocycles. The van der Waals surface area contributed by atoms with Crippen molar-refractivity contribution in [3.8, 4) is 0 Å². The third kappa shape index (κ3) is 4.57. The fourth-order valence-electron chi connectivity index (χ4n) is 1.34. The number of nitrogens with zero attached hydrogens (tertiary/aromatic N) is 2. The van der Waals surface area contributed by atoms with E-state index in [0.717, 1.165) is 16.7 Å². The van der Waals surface area contributed by atoms with Gasteiger partial charge in [0.25, 0.3) is 0 Å². The van der Waals surface area contributed by atoms with E-state index in [1.165, 1.54) is 24.2 Å². The number of hydrogen-bond donors (Lipinski definition) is 1. The fraction of sp³-hybridized carbons (Fsp3) is 0.800. The van der Waals surface area contributed by atoms with Crippen LogP contribution in [0.4, 0.5) is 5.13 Å². The van der Waals surface area contributed by atoms with E-state index in [0.29, 0.717) is 12.5 Å². The van der Waals surface area contributed by atoms with Crippen LogP contribution in [0.3, 0.4) is 0 Å². The summed E-state index contributed by atoms with van der Waals surface area (Å²) in [5, 5.41) is 12.7. The van der Waals surface area contributed by atoms with E-state index >= 15 is 0 Å². The van der Waals surface area contributed by atoms with Gasteiger partial charge in [-0.05, 0) is 12.3 Å². The molecule has 15 heavy (non-hydrogen) atoms. The molecule has 1 heterocycles. The lowest BCUT2D eigenvalue weighted by Crippen LogP contribution is -2.05. The molecule has 4 nitrogen and oxygen atoms in total. The second-order valence-electron chi connectivity index (χ2n) is 3.66. The molecule has 0 radical (unpaired) electrons. The number of nitrogens with one attached hydrogen (secondary N) is 1. The van der Waals surface area contributed by atoms with E-state index < -0.39 is 0 Å². The molecule has 86 valence electrons. The standard InChI is InChI=1S/C10H19N3OS/c1-4-5-8(2)6-14-7-9-12-13-10(11-3)15-9/h8H,4-7H2,1-3H3,(H,11,13). The van der Waals surface area contributed by atoms with Gasteiger partial charge >= 0.3 is 0 Å². The van der Waals surface area contributed by atoms with Crippen LogP contribution in [-0.4, -0.2) is 23.9 Å². The first-order valence-corrected chi connectivity index (χ1v) is 6.15. The van der Waals surface area contributed by atoms with E-state index in [1.807, 2.05) is 7.05 Å². The van der Waals surface area contributed by atoms with E-state index in [-0.39, 0.29) is 0 Å². The summed E-state index contributed by atoms with van der Waals surface area (Å²) in [5.41, 5.74) is 0. The van der Waals surface area contributed by atoms with E-state index in [9.17, 15) is 0 Å². The van der Waals surface area contributed by atoms with Gasteiger partial charge in [0.1, 0.15) is 11.6 Å². The summed E-state index contributed by atoms with van der Waals surface area (Å²) in [5.74, 6) is 0.631. The molecule has 5 heteroatoms. The normalized spacial score (nSPS) is 12.7. The van der Waals surface area contributed by atoms with Crippen molar-refractivity contribution in [3.63, 3.8) is 0 Å². The van der Waals surface area contributed by atoms with Crippen molar-refractivity contribution in [1.29, 1.82) is 0 Å². The Labute approximate surface area is 95.1 Å². The van der Waals surface area contributed by atoms with Gasteiger partial charge in [0, 0.05) is 13.7 Å². The molecule has 1 atom stereocenters. The monoisotopic (exact) mass is 229 g/mol. The first-order chi connectivity index (χ1) is 7.26. The Morgan fingerprint density at radius 2 is 2.27 bits per heavy atom. The number of hydrogen-bond acceptors (Lipinski definition) is 5. The van der Waals surface area contributed by atoms with Gasteiger partial charge in [-0.3, -0.25) is 0 Å². The Morgan fingerprint density at radius 1 is 1.47 bits per heavy atom. The minimum Gasteiger partial charge on any atom is -0.374 e. The minimum atomic E-state index is 0.577. The first-order valence-electron chi connectivity index (χ1n) is 5.34. The zero-order chi connectivity index (χ0) is 11.1. The van der Waals surface area contributed by atoms with Gasteiger partial charge in [-0.15, -0.1) is 10.2 Å². The molecule has 0 saturated carbocycles. The molecular weight excluding hydrogens is 210 g/mol. The topological polar surface area (TPSA) is 47.0 Å². The summed E-state index contributed by atoms with van der Waals surface area (Å²) in [4.78, 5) is 0. The molecule has 1 aromatic rings. The lowest BCUT2D eigenvalue weighted by molar-refractivity contribution is 0.0888. The van der Waals surface area contributed by atoms with Gasteiger partial charge in [0.15, 0.2) is 0 Å². The molecule has 0 amide bonds. The van der Waals surface area contributed by atoms with Crippen molar-refractivity contribution in [1.82, 2.24) is 10.2 Å². The largest absolute Gasteiger partial charge is 0.374 e. The molecular formula is C10H19N3OS. The molecule has 0 aliphatic heterocycles. The Balaban J connectivity index is 2.19. The lowest BCUT2D eigenvalue weighted by Gasteiger charge is -2.08. The van der Waals surface area contributed by atoms with Crippen LogP contribution in [0.2, 0.25) is 0 Å². The Kier molecular flexibility index (Phi) is 5.57. The van der Waals surface area contributed by atoms with Crippen molar-refractivity contribution in [3.05, 3.63) is 5.01 Å². The Morgan fingerprint density at radius 3 is 2.87 bits per heavy atom. The lowest BCUT2D eigenvalue weighted by atomic mass is 10.1. The third-order valence-electron chi connectivity index (χ3n) is 2.09. The van der Waals surface area contributed by atoms with Crippen LogP contribution in [-0.2, 0) is 11.3 Å². The van der Waals surface area contributed by atoms with Gasteiger partial charge in [-0.2, -0.15) is 0 Å². The van der Waals surface area contributed by atoms with Gasteiger partial charge in [-0.25, -0.2) is 0 Å². The van der Waals surface area contributed by atoms with E-state index in [4.69, 9.17) is 4.74 Å². The highest BCUT2D eigenvalue weighted by atomic mass is 32.1. The van der Waals surface area contributed by atoms with E-state index in [2.05, 4.69) is 29.4 Å². The summed E-state index contributed by atoms with van der Waals surface area (Å²) in [7, 11) is 1.84. The average Bonchev–Trinajstić information content (AvgIpc) is 2.66. The highest BCUT2D eigenvalue weighted by Crippen LogP contribution is 2.15. The predicted octanol–water partition coefficient (Wildman–Crippen LogP) is 2.53. The number of anilines is 1. The van der Waals surface area contributed by atoms with Crippen LogP contribution in [0.1, 0.15) is 31.7 Å². The second-order valence-corrected chi connectivity index (χ2v) is 4.72. The van der Waals surface area contributed by atoms with Gasteiger partial charge < -0.3 is 10.1 Å². The molecule has 0 aliphatic rings. The van der Waals surface area contributed by atoms with Crippen LogP contribution in [0.5, 0.6) is 0 Å². The van der Waals surface area contributed by atoms with Crippen molar-refractivity contribution >= 4 is 16.5 Å². The number of aromatic nitrogens is 2. The van der Waals surface area contributed by atoms with Crippen molar-refractivity contribution in [2.75, 3.05) is 19.0 Å². The molecule has 0 spiro atoms. The molecule has 1 unspecified atom stereocenters. The van der Waals surface area contributed by atoms with Crippen LogP contribution >= 0.6 is 11.3 Å². The third-order valence-corrected chi connectivity index (χ3v) is 3.00. The van der Waals surface area contributed by atoms with Gasteiger partial charge in [0.05, 0.1) is 0 Å². The van der Waals surface area contributed by atoms with Crippen molar-refractivity contribution in [2.45, 2.75) is 33.3 Å². The van der Waals surface area contributed by atoms with Gasteiger partial charge in [0.2, 0.25) is 5.13 Å². The summed E-state index contributed by atoms with van der Waals surface area (Å²) in [6.45, 7) is 5.79. The van der Waals surface area contributed by atoms with Crippen LogP contribution in [0.15, 0.2) is 0 Å². The Bertz CT molecular complexity index is 277. The predicted molar refractivity (Wildman–Crippen MR) is 63.2 cm³/mol. The van der Waals surface area contributed by atoms with E-state index in [1.54, 1.807) is 0 Å². The number of rotatable bonds is 7. The average molecular weight is 229 g/mol. The molecule has 0 aliphatic carbocycles. The van der Waals surface area contributed by atoms with Crippen LogP contribution < -0.4 is 5.32 Å². The maximum Gasteiger partial charge on any atom is 0.205 e. The highest BCUT2D eigenvalue weighted by Gasteiger charge is 2.04. The number of ether oxygens (including phenoxy) is 1. The summed E-state index contributed by atoms with van der Waals surface area (Å²) in [6, 6.07) is 0. The SMILES string of the molecule is CCCC(C)COCc1nnc(NC)s1. The minimum absolute atomic E-state index is 0.577. The zero-order valence-corrected chi connectivity index (χ0v) is 10.4. The smallest absolute Gasteiger partial charge is 0.205 e. The molecule has 1 N–H and O–H groups in total. The molecule has 0 fully saturated rings. The van der Waals surface area contributed by atoms with Crippen molar-refractivity contribution in [2.24, 2.45) is 5.92 Å². The molecule has 0 saturated heterocycles. The second kappa shape index (κ2) is 6.74.